The van der Waals surface area contributed by atoms with Gasteiger partial charge in [-0.15, -0.1) is 0 Å². The normalized spacial score (nSPS) is 12.2. The van der Waals surface area contributed by atoms with E-state index in [-0.39, 0.29) is 6.10 Å². The van der Waals surface area contributed by atoms with Gasteiger partial charge in [-0.2, -0.15) is 0 Å². The standard InChI is InChI=1S/C12H23BrO3/c1-3-4-5-6-8-11(2)16-12(14)15-10-7-9-13/h11H,3-10H2,1-2H3. The Morgan fingerprint density at radius 1 is 1.25 bits per heavy atom. The zero-order valence-corrected chi connectivity index (χ0v) is 11.9. The minimum Gasteiger partial charge on any atom is -0.434 e. The van der Waals surface area contributed by atoms with Crippen molar-refractivity contribution in [2.45, 2.75) is 58.5 Å². The Hall–Kier alpha value is -0.250. The van der Waals surface area contributed by atoms with Gasteiger partial charge in [0.1, 0.15) is 6.10 Å². The second kappa shape index (κ2) is 11.2. The lowest BCUT2D eigenvalue weighted by atomic mass is 10.1. The first-order valence-electron chi connectivity index (χ1n) is 6.10. The molecule has 0 N–H and O–H groups in total. The van der Waals surface area contributed by atoms with E-state index < -0.39 is 6.16 Å². The molecule has 0 saturated heterocycles. The number of carbonyl (C=O) groups is 1. The van der Waals surface area contributed by atoms with Crippen LogP contribution in [0.1, 0.15) is 52.4 Å². The third-order valence-electron chi connectivity index (χ3n) is 2.26. The molecule has 96 valence electrons. The predicted molar refractivity (Wildman–Crippen MR) is 69.1 cm³/mol. The summed E-state index contributed by atoms with van der Waals surface area (Å²) in [5.74, 6) is 0. The summed E-state index contributed by atoms with van der Waals surface area (Å²) in [6.07, 6.45) is 5.98. The van der Waals surface area contributed by atoms with Crippen LogP contribution in [0.5, 0.6) is 0 Å². The van der Waals surface area contributed by atoms with Crippen molar-refractivity contribution in [1.82, 2.24) is 0 Å². The molecule has 0 aromatic heterocycles. The second-order valence-corrected chi connectivity index (χ2v) is 4.71. The Kier molecular flexibility index (Phi) is 11.1. The minimum absolute atomic E-state index is 0.0340. The Morgan fingerprint density at radius 2 is 2.00 bits per heavy atom. The van der Waals surface area contributed by atoms with E-state index in [1.165, 1.54) is 19.3 Å². The average Bonchev–Trinajstić information content (AvgIpc) is 2.25. The highest BCUT2D eigenvalue weighted by Gasteiger charge is 2.09. The van der Waals surface area contributed by atoms with E-state index in [4.69, 9.17) is 9.47 Å². The van der Waals surface area contributed by atoms with Gasteiger partial charge in [-0.3, -0.25) is 0 Å². The maximum Gasteiger partial charge on any atom is 0.508 e. The molecule has 0 fully saturated rings. The molecule has 16 heavy (non-hydrogen) atoms. The smallest absolute Gasteiger partial charge is 0.434 e. The summed E-state index contributed by atoms with van der Waals surface area (Å²) in [7, 11) is 0. The highest BCUT2D eigenvalue weighted by Crippen LogP contribution is 2.08. The molecule has 1 unspecified atom stereocenters. The van der Waals surface area contributed by atoms with E-state index in [0.717, 1.165) is 24.6 Å². The molecule has 0 saturated carbocycles. The Bertz CT molecular complexity index is 174. The molecule has 0 radical (unpaired) electrons. The third-order valence-corrected chi connectivity index (χ3v) is 2.82. The van der Waals surface area contributed by atoms with Crippen LogP contribution in [0.15, 0.2) is 0 Å². The number of hydrogen-bond donors (Lipinski definition) is 0. The van der Waals surface area contributed by atoms with Gasteiger partial charge in [0.05, 0.1) is 6.61 Å². The highest BCUT2D eigenvalue weighted by molar-refractivity contribution is 9.09. The van der Waals surface area contributed by atoms with Gasteiger partial charge < -0.3 is 9.47 Å². The molecule has 0 rings (SSSR count). The first-order valence-corrected chi connectivity index (χ1v) is 7.22. The first kappa shape index (κ1) is 15.8. The summed E-state index contributed by atoms with van der Waals surface area (Å²) >= 11 is 3.27. The lowest BCUT2D eigenvalue weighted by Crippen LogP contribution is -2.16. The van der Waals surface area contributed by atoms with Crippen LogP contribution in [0.4, 0.5) is 4.79 Å². The molecule has 4 heteroatoms. The monoisotopic (exact) mass is 294 g/mol. The Morgan fingerprint density at radius 3 is 2.62 bits per heavy atom. The van der Waals surface area contributed by atoms with Crippen molar-refractivity contribution >= 4 is 22.1 Å². The fourth-order valence-corrected chi connectivity index (χ4v) is 1.55. The van der Waals surface area contributed by atoms with E-state index in [1.54, 1.807) is 0 Å². The van der Waals surface area contributed by atoms with Crippen molar-refractivity contribution in [3.8, 4) is 0 Å². The number of hydrogen-bond acceptors (Lipinski definition) is 3. The molecule has 0 amide bonds. The Labute approximate surface area is 107 Å². The summed E-state index contributed by atoms with van der Waals surface area (Å²) in [4.78, 5) is 11.2. The molecular weight excluding hydrogens is 272 g/mol. The molecule has 0 aromatic carbocycles. The van der Waals surface area contributed by atoms with Crippen molar-refractivity contribution in [2.75, 3.05) is 11.9 Å². The molecule has 0 aliphatic carbocycles. The van der Waals surface area contributed by atoms with Crippen LogP contribution in [0, 0.1) is 0 Å². The largest absolute Gasteiger partial charge is 0.508 e. The van der Waals surface area contributed by atoms with Gasteiger partial charge in [-0.1, -0.05) is 42.1 Å². The number of carbonyl (C=O) groups excluding carboxylic acids is 1. The van der Waals surface area contributed by atoms with Crippen molar-refractivity contribution < 1.29 is 14.3 Å². The van der Waals surface area contributed by atoms with Gasteiger partial charge in [0, 0.05) is 5.33 Å². The van der Waals surface area contributed by atoms with Gasteiger partial charge in [-0.25, -0.2) is 4.79 Å². The van der Waals surface area contributed by atoms with Crippen molar-refractivity contribution in [3.05, 3.63) is 0 Å². The number of unbranched alkanes of at least 4 members (excludes halogenated alkanes) is 3. The SMILES string of the molecule is CCCCCCC(C)OC(=O)OCCCBr. The quantitative estimate of drug-likeness (QED) is 0.362. The molecule has 1 atom stereocenters. The van der Waals surface area contributed by atoms with Crippen LogP contribution in [0.3, 0.4) is 0 Å². The van der Waals surface area contributed by atoms with Crippen LogP contribution < -0.4 is 0 Å². The minimum atomic E-state index is -0.538. The summed E-state index contributed by atoms with van der Waals surface area (Å²) in [5, 5.41) is 0.840. The number of rotatable bonds is 9. The summed E-state index contributed by atoms with van der Waals surface area (Å²) in [5.41, 5.74) is 0. The zero-order valence-electron chi connectivity index (χ0n) is 10.3. The van der Waals surface area contributed by atoms with Crippen LogP contribution in [0.2, 0.25) is 0 Å². The van der Waals surface area contributed by atoms with Crippen LogP contribution >= 0.6 is 15.9 Å². The summed E-state index contributed by atoms with van der Waals surface area (Å²) < 4.78 is 9.99. The summed E-state index contributed by atoms with van der Waals surface area (Å²) in [6.45, 7) is 4.52. The molecule has 3 nitrogen and oxygen atoms in total. The maximum atomic E-state index is 11.2. The Balaban J connectivity index is 3.39. The van der Waals surface area contributed by atoms with Gasteiger partial charge in [-0.05, 0) is 26.2 Å². The maximum absolute atomic E-state index is 11.2. The average molecular weight is 295 g/mol. The van der Waals surface area contributed by atoms with Gasteiger partial charge >= 0.3 is 6.16 Å². The molecule has 0 heterocycles. The van der Waals surface area contributed by atoms with Gasteiger partial charge in [0.25, 0.3) is 0 Å². The first-order chi connectivity index (χ1) is 7.70. The zero-order chi connectivity index (χ0) is 12.2. The fourth-order valence-electron chi connectivity index (χ4n) is 1.33. The summed E-state index contributed by atoms with van der Waals surface area (Å²) in [6, 6.07) is 0. The second-order valence-electron chi connectivity index (χ2n) is 3.92. The number of ether oxygens (including phenoxy) is 2. The lowest BCUT2D eigenvalue weighted by Gasteiger charge is -2.12. The van der Waals surface area contributed by atoms with E-state index in [0.29, 0.717) is 6.61 Å². The van der Waals surface area contributed by atoms with Crippen LogP contribution in [-0.2, 0) is 9.47 Å². The highest BCUT2D eigenvalue weighted by atomic mass is 79.9. The lowest BCUT2D eigenvalue weighted by molar-refractivity contribution is 0.0262. The van der Waals surface area contributed by atoms with E-state index >= 15 is 0 Å². The van der Waals surface area contributed by atoms with Crippen molar-refractivity contribution in [3.63, 3.8) is 0 Å². The van der Waals surface area contributed by atoms with Crippen molar-refractivity contribution in [1.29, 1.82) is 0 Å². The van der Waals surface area contributed by atoms with E-state index in [2.05, 4.69) is 22.9 Å². The third kappa shape index (κ3) is 10.3. The van der Waals surface area contributed by atoms with Crippen LogP contribution in [0.25, 0.3) is 0 Å². The van der Waals surface area contributed by atoms with Gasteiger partial charge in [0.15, 0.2) is 0 Å². The van der Waals surface area contributed by atoms with Crippen molar-refractivity contribution in [2.24, 2.45) is 0 Å². The molecule has 0 aliphatic rings. The van der Waals surface area contributed by atoms with Gasteiger partial charge in [0.2, 0.25) is 0 Å². The molecule has 0 bridgehead atoms. The number of halogens is 1. The molecule has 0 spiro atoms. The van der Waals surface area contributed by atoms with E-state index in [1.807, 2.05) is 6.92 Å². The molecular formula is C12H23BrO3. The predicted octanol–water partition coefficient (Wildman–Crippen LogP) is 4.28. The fraction of sp³-hybridized carbons (Fsp3) is 0.917. The topological polar surface area (TPSA) is 35.5 Å². The van der Waals surface area contributed by atoms with E-state index in [9.17, 15) is 4.79 Å². The van der Waals surface area contributed by atoms with Crippen LogP contribution in [-0.4, -0.2) is 24.2 Å². The molecule has 0 aromatic rings. The molecule has 0 aliphatic heterocycles. The number of alkyl halides is 1.